The summed E-state index contributed by atoms with van der Waals surface area (Å²) < 4.78 is 5.65. The Morgan fingerprint density at radius 3 is 2.40 bits per heavy atom. The van der Waals surface area contributed by atoms with E-state index in [4.69, 9.17) is 4.74 Å². The highest BCUT2D eigenvalue weighted by molar-refractivity contribution is 5.46. The number of aliphatic hydroxyl groups excluding tert-OH is 1. The van der Waals surface area contributed by atoms with Crippen molar-refractivity contribution in [1.29, 1.82) is 0 Å². The second-order valence-corrected chi connectivity index (χ2v) is 4.55. The van der Waals surface area contributed by atoms with Gasteiger partial charge < -0.3 is 9.84 Å². The quantitative estimate of drug-likeness (QED) is 0.680. The maximum atomic E-state index is 10.8. The monoisotopic (exact) mass is 273 g/mol. The standard InChI is InChI=1S/C15H15NO4/c1-10-3-6-13(16(18)19)9-15(10)20-14-7-4-12(5-8-14)11(2)17/h3-9,11,17H,1-2H3/t11-/m0/s1. The summed E-state index contributed by atoms with van der Waals surface area (Å²) in [7, 11) is 0. The number of ether oxygens (including phenoxy) is 1. The summed E-state index contributed by atoms with van der Waals surface area (Å²) in [6.07, 6.45) is -0.538. The Bertz CT molecular complexity index is 620. The first-order chi connectivity index (χ1) is 9.47. The molecule has 0 aromatic heterocycles. The van der Waals surface area contributed by atoms with Crippen LogP contribution in [0.5, 0.6) is 11.5 Å². The normalized spacial score (nSPS) is 11.9. The summed E-state index contributed by atoms with van der Waals surface area (Å²) in [5.74, 6) is 1.02. The Hall–Kier alpha value is -2.40. The SMILES string of the molecule is Cc1ccc([N+](=O)[O-])cc1Oc1ccc([C@H](C)O)cc1. The molecular formula is C15H15NO4. The van der Waals surface area contributed by atoms with Crippen LogP contribution in [-0.2, 0) is 0 Å². The summed E-state index contributed by atoms with van der Waals surface area (Å²) >= 11 is 0. The van der Waals surface area contributed by atoms with Crippen LogP contribution in [0.25, 0.3) is 0 Å². The molecule has 1 atom stereocenters. The fourth-order valence-electron chi connectivity index (χ4n) is 1.75. The van der Waals surface area contributed by atoms with Gasteiger partial charge in [0.25, 0.3) is 5.69 Å². The fourth-order valence-corrected chi connectivity index (χ4v) is 1.75. The van der Waals surface area contributed by atoms with Gasteiger partial charge in [-0.05, 0) is 43.2 Å². The predicted octanol–water partition coefficient (Wildman–Crippen LogP) is 3.75. The Morgan fingerprint density at radius 1 is 1.20 bits per heavy atom. The van der Waals surface area contributed by atoms with Crippen LogP contribution in [0.15, 0.2) is 42.5 Å². The van der Waals surface area contributed by atoms with Crippen LogP contribution < -0.4 is 4.74 Å². The molecule has 0 amide bonds. The van der Waals surface area contributed by atoms with Crippen LogP contribution in [0.4, 0.5) is 5.69 Å². The Labute approximate surface area is 116 Å². The van der Waals surface area contributed by atoms with Gasteiger partial charge in [0.05, 0.1) is 17.1 Å². The fraction of sp³-hybridized carbons (Fsp3) is 0.200. The van der Waals surface area contributed by atoms with Gasteiger partial charge in [-0.2, -0.15) is 0 Å². The van der Waals surface area contributed by atoms with Crippen molar-refractivity contribution in [2.45, 2.75) is 20.0 Å². The molecular weight excluding hydrogens is 258 g/mol. The molecule has 20 heavy (non-hydrogen) atoms. The third-order valence-electron chi connectivity index (χ3n) is 2.97. The molecule has 0 saturated carbocycles. The van der Waals surface area contributed by atoms with Gasteiger partial charge >= 0.3 is 0 Å². The van der Waals surface area contributed by atoms with E-state index in [1.165, 1.54) is 12.1 Å². The average molecular weight is 273 g/mol. The number of hydrogen-bond donors (Lipinski definition) is 1. The molecule has 0 aliphatic carbocycles. The molecule has 0 heterocycles. The van der Waals surface area contributed by atoms with E-state index in [0.29, 0.717) is 11.5 Å². The van der Waals surface area contributed by atoms with E-state index in [1.807, 2.05) is 6.92 Å². The van der Waals surface area contributed by atoms with Gasteiger partial charge in [0.1, 0.15) is 11.5 Å². The molecule has 2 aromatic carbocycles. The number of non-ortho nitro benzene ring substituents is 1. The van der Waals surface area contributed by atoms with Crippen molar-refractivity contribution in [3.05, 3.63) is 63.7 Å². The van der Waals surface area contributed by atoms with Gasteiger partial charge in [0.2, 0.25) is 0 Å². The smallest absolute Gasteiger partial charge is 0.273 e. The zero-order chi connectivity index (χ0) is 14.7. The largest absolute Gasteiger partial charge is 0.457 e. The van der Waals surface area contributed by atoms with Gasteiger partial charge in [0, 0.05) is 6.07 Å². The number of nitrogens with zero attached hydrogens (tertiary/aromatic N) is 1. The molecule has 0 aliphatic rings. The topological polar surface area (TPSA) is 72.6 Å². The van der Waals surface area contributed by atoms with Crippen LogP contribution in [-0.4, -0.2) is 10.0 Å². The number of rotatable bonds is 4. The molecule has 104 valence electrons. The molecule has 0 aliphatic heterocycles. The average Bonchev–Trinajstić information content (AvgIpc) is 2.41. The molecule has 1 N–H and O–H groups in total. The Kier molecular flexibility index (Phi) is 4.00. The number of benzene rings is 2. The van der Waals surface area contributed by atoms with E-state index in [9.17, 15) is 15.2 Å². The van der Waals surface area contributed by atoms with Gasteiger partial charge in [-0.15, -0.1) is 0 Å². The van der Waals surface area contributed by atoms with Gasteiger partial charge in [-0.25, -0.2) is 0 Å². The lowest BCUT2D eigenvalue weighted by Crippen LogP contribution is -1.93. The van der Waals surface area contributed by atoms with E-state index >= 15 is 0 Å². The molecule has 2 rings (SSSR count). The van der Waals surface area contributed by atoms with E-state index in [2.05, 4.69) is 0 Å². The summed E-state index contributed by atoms with van der Waals surface area (Å²) in [5.41, 5.74) is 1.59. The highest BCUT2D eigenvalue weighted by Gasteiger charge is 2.10. The van der Waals surface area contributed by atoms with Crippen molar-refractivity contribution >= 4 is 5.69 Å². The van der Waals surface area contributed by atoms with E-state index < -0.39 is 11.0 Å². The highest BCUT2D eigenvalue weighted by Crippen LogP contribution is 2.29. The number of nitro groups is 1. The van der Waals surface area contributed by atoms with Crippen LogP contribution in [0.2, 0.25) is 0 Å². The molecule has 0 fully saturated rings. The number of hydrogen-bond acceptors (Lipinski definition) is 4. The zero-order valence-electron chi connectivity index (χ0n) is 11.2. The first kappa shape index (κ1) is 14.0. The minimum Gasteiger partial charge on any atom is -0.457 e. The predicted molar refractivity (Wildman–Crippen MR) is 75.0 cm³/mol. The molecule has 0 bridgehead atoms. The van der Waals surface area contributed by atoms with Crippen LogP contribution in [0.1, 0.15) is 24.2 Å². The molecule has 5 nitrogen and oxygen atoms in total. The number of nitro benzene ring substituents is 1. The lowest BCUT2D eigenvalue weighted by Gasteiger charge is -2.10. The van der Waals surface area contributed by atoms with Crippen molar-refractivity contribution in [2.75, 3.05) is 0 Å². The second-order valence-electron chi connectivity index (χ2n) is 4.55. The second kappa shape index (κ2) is 5.71. The molecule has 5 heteroatoms. The van der Waals surface area contributed by atoms with E-state index in [0.717, 1.165) is 11.1 Å². The minimum absolute atomic E-state index is 0.00815. The van der Waals surface area contributed by atoms with E-state index in [-0.39, 0.29) is 5.69 Å². The first-order valence-corrected chi connectivity index (χ1v) is 6.18. The molecule has 0 saturated heterocycles. The van der Waals surface area contributed by atoms with Crippen LogP contribution in [0.3, 0.4) is 0 Å². The van der Waals surface area contributed by atoms with Gasteiger partial charge in [-0.3, -0.25) is 10.1 Å². The summed E-state index contributed by atoms with van der Waals surface area (Å²) in [4.78, 5) is 10.3. The number of aliphatic hydroxyl groups is 1. The number of aryl methyl sites for hydroxylation is 1. The van der Waals surface area contributed by atoms with Crippen molar-refractivity contribution < 1.29 is 14.8 Å². The van der Waals surface area contributed by atoms with Crippen LogP contribution in [0, 0.1) is 17.0 Å². The molecule has 0 spiro atoms. The van der Waals surface area contributed by atoms with Gasteiger partial charge in [0.15, 0.2) is 0 Å². The van der Waals surface area contributed by atoms with Crippen molar-refractivity contribution in [3.8, 4) is 11.5 Å². The third-order valence-corrected chi connectivity index (χ3v) is 2.97. The molecule has 2 aromatic rings. The first-order valence-electron chi connectivity index (χ1n) is 6.18. The van der Waals surface area contributed by atoms with Gasteiger partial charge in [-0.1, -0.05) is 12.1 Å². The van der Waals surface area contributed by atoms with Crippen molar-refractivity contribution in [1.82, 2.24) is 0 Å². The van der Waals surface area contributed by atoms with E-state index in [1.54, 1.807) is 37.3 Å². The third kappa shape index (κ3) is 3.13. The maximum Gasteiger partial charge on any atom is 0.273 e. The Morgan fingerprint density at radius 2 is 1.85 bits per heavy atom. The lowest BCUT2D eigenvalue weighted by molar-refractivity contribution is -0.384. The Balaban J connectivity index is 2.25. The van der Waals surface area contributed by atoms with Crippen molar-refractivity contribution in [2.24, 2.45) is 0 Å². The zero-order valence-corrected chi connectivity index (χ0v) is 11.2. The maximum absolute atomic E-state index is 10.8. The highest BCUT2D eigenvalue weighted by atomic mass is 16.6. The van der Waals surface area contributed by atoms with Crippen molar-refractivity contribution in [3.63, 3.8) is 0 Å². The molecule has 0 radical (unpaired) electrons. The summed E-state index contributed by atoms with van der Waals surface area (Å²) in [5, 5.41) is 20.2. The summed E-state index contributed by atoms with van der Waals surface area (Å²) in [6.45, 7) is 3.50. The lowest BCUT2D eigenvalue weighted by atomic mass is 10.1. The van der Waals surface area contributed by atoms with Crippen LogP contribution >= 0.6 is 0 Å². The summed E-state index contributed by atoms with van der Waals surface area (Å²) in [6, 6.07) is 11.5. The minimum atomic E-state index is -0.538. The molecule has 0 unspecified atom stereocenters.